The molecule has 0 radical (unpaired) electrons. The van der Waals surface area contributed by atoms with Gasteiger partial charge in [0.15, 0.2) is 0 Å². The molecule has 0 aromatic carbocycles. The van der Waals surface area contributed by atoms with Gasteiger partial charge in [-0.3, -0.25) is 0 Å². The fourth-order valence-corrected chi connectivity index (χ4v) is 2.89. The van der Waals surface area contributed by atoms with Crippen molar-refractivity contribution < 1.29 is 5.11 Å². The van der Waals surface area contributed by atoms with Crippen LogP contribution in [0.15, 0.2) is 0 Å². The summed E-state index contributed by atoms with van der Waals surface area (Å²) in [6, 6.07) is 0. The van der Waals surface area contributed by atoms with Gasteiger partial charge in [-0.1, -0.05) is 60.8 Å². The molecule has 0 saturated heterocycles. The lowest BCUT2D eigenvalue weighted by atomic mass is 9.71. The molecule has 0 aromatic heterocycles. The van der Waals surface area contributed by atoms with Gasteiger partial charge in [0.05, 0.1) is 0 Å². The van der Waals surface area contributed by atoms with E-state index in [9.17, 15) is 0 Å². The van der Waals surface area contributed by atoms with Crippen molar-refractivity contribution in [2.45, 2.75) is 73.6 Å². The van der Waals surface area contributed by atoms with Gasteiger partial charge in [-0.05, 0) is 36.0 Å². The molecule has 0 spiro atoms. The van der Waals surface area contributed by atoms with E-state index in [1.807, 2.05) is 0 Å². The zero-order valence-electron chi connectivity index (χ0n) is 12.9. The highest BCUT2D eigenvalue weighted by Gasteiger charge is 2.27. The number of unbranched alkanes of at least 4 members (excludes halogenated alkanes) is 1. The van der Waals surface area contributed by atoms with Crippen LogP contribution in [0.5, 0.6) is 0 Å². The van der Waals surface area contributed by atoms with Crippen LogP contribution in [-0.2, 0) is 0 Å². The molecule has 0 fully saturated rings. The molecular weight excluding hydrogens is 208 g/mol. The van der Waals surface area contributed by atoms with Crippen molar-refractivity contribution in [2.75, 3.05) is 6.61 Å². The Balaban J connectivity index is 4.41. The first-order chi connectivity index (χ1) is 7.81. The highest BCUT2D eigenvalue weighted by molar-refractivity contribution is 4.77. The molecule has 1 heteroatoms. The molecule has 1 nitrogen and oxygen atoms in total. The standard InChI is InChI=1S/C16H34O/c1-7-14(10-8-9-11-17)15(13(2)3)12-16(4,5)6/h13-15,17H,7-12H2,1-6H3. The Kier molecular flexibility index (Phi) is 8.11. The third-order valence-corrected chi connectivity index (χ3v) is 3.82. The van der Waals surface area contributed by atoms with Crippen LogP contribution in [0, 0.1) is 23.2 Å². The molecule has 2 unspecified atom stereocenters. The summed E-state index contributed by atoms with van der Waals surface area (Å²) < 4.78 is 0. The fraction of sp³-hybridized carbons (Fsp3) is 1.00. The Morgan fingerprint density at radius 2 is 1.65 bits per heavy atom. The minimum atomic E-state index is 0.349. The first-order valence-corrected chi connectivity index (χ1v) is 7.42. The zero-order valence-corrected chi connectivity index (χ0v) is 12.9. The topological polar surface area (TPSA) is 20.2 Å². The molecule has 0 saturated carbocycles. The Hall–Kier alpha value is -0.0400. The van der Waals surface area contributed by atoms with E-state index in [0.29, 0.717) is 12.0 Å². The molecule has 0 bridgehead atoms. The van der Waals surface area contributed by atoms with E-state index in [1.54, 1.807) is 0 Å². The van der Waals surface area contributed by atoms with Crippen molar-refractivity contribution in [3.63, 3.8) is 0 Å². The maximum atomic E-state index is 8.89. The van der Waals surface area contributed by atoms with Gasteiger partial charge in [0.25, 0.3) is 0 Å². The predicted molar refractivity (Wildman–Crippen MR) is 77.1 cm³/mol. The van der Waals surface area contributed by atoms with Crippen molar-refractivity contribution in [3.8, 4) is 0 Å². The van der Waals surface area contributed by atoms with Crippen molar-refractivity contribution >= 4 is 0 Å². The SMILES string of the molecule is CCC(CCCCO)C(CC(C)(C)C)C(C)C. The van der Waals surface area contributed by atoms with Gasteiger partial charge in [0.2, 0.25) is 0 Å². The van der Waals surface area contributed by atoms with Gasteiger partial charge in [-0.2, -0.15) is 0 Å². The van der Waals surface area contributed by atoms with Crippen LogP contribution in [0.1, 0.15) is 73.6 Å². The van der Waals surface area contributed by atoms with Gasteiger partial charge in [0.1, 0.15) is 0 Å². The van der Waals surface area contributed by atoms with Crippen LogP contribution in [0.3, 0.4) is 0 Å². The number of aliphatic hydroxyl groups excluding tert-OH is 1. The van der Waals surface area contributed by atoms with Gasteiger partial charge >= 0.3 is 0 Å². The van der Waals surface area contributed by atoms with Crippen LogP contribution < -0.4 is 0 Å². The van der Waals surface area contributed by atoms with E-state index in [4.69, 9.17) is 5.11 Å². The van der Waals surface area contributed by atoms with Gasteiger partial charge in [0, 0.05) is 6.61 Å². The molecule has 0 aromatic rings. The molecule has 2 atom stereocenters. The van der Waals surface area contributed by atoms with E-state index < -0.39 is 0 Å². The average molecular weight is 242 g/mol. The number of hydrogen-bond donors (Lipinski definition) is 1. The van der Waals surface area contributed by atoms with Crippen LogP contribution in [0.2, 0.25) is 0 Å². The molecule has 104 valence electrons. The van der Waals surface area contributed by atoms with Crippen LogP contribution in [-0.4, -0.2) is 11.7 Å². The summed E-state index contributed by atoms with van der Waals surface area (Å²) in [4.78, 5) is 0. The van der Waals surface area contributed by atoms with E-state index in [0.717, 1.165) is 24.2 Å². The van der Waals surface area contributed by atoms with Crippen LogP contribution >= 0.6 is 0 Å². The Morgan fingerprint density at radius 3 is 2.00 bits per heavy atom. The second-order valence-electron chi connectivity index (χ2n) is 7.06. The summed E-state index contributed by atoms with van der Waals surface area (Å²) >= 11 is 0. The summed E-state index contributed by atoms with van der Waals surface area (Å²) in [5.41, 5.74) is 0.430. The molecule has 0 amide bonds. The average Bonchev–Trinajstić information content (AvgIpc) is 2.20. The lowest BCUT2D eigenvalue weighted by Crippen LogP contribution is -2.25. The molecule has 0 aliphatic carbocycles. The normalized spacial score (nSPS) is 16.2. The molecule has 0 rings (SSSR count). The van der Waals surface area contributed by atoms with Crippen molar-refractivity contribution in [1.29, 1.82) is 0 Å². The largest absolute Gasteiger partial charge is 0.396 e. The highest BCUT2D eigenvalue weighted by Crippen LogP contribution is 2.37. The fourth-order valence-electron chi connectivity index (χ4n) is 2.89. The first-order valence-electron chi connectivity index (χ1n) is 7.42. The minimum Gasteiger partial charge on any atom is -0.396 e. The lowest BCUT2D eigenvalue weighted by Gasteiger charge is -2.35. The minimum absolute atomic E-state index is 0.349. The van der Waals surface area contributed by atoms with Gasteiger partial charge in [-0.25, -0.2) is 0 Å². The third-order valence-electron chi connectivity index (χ3n) is 3.82. The highest BCUT2D eigenvalue weighted by atomic mass is 16.2. The lowest BCUT2D eigenvalue weighted by molar-refractivity contribution is 0.154. The molecule has 0 heterocycles. The van der Waals surface area contributed by atoms with Gasteiger partial charge < -0.3 is 5.11 Å². The zero-order chi connectivity index (χ0) is 13.5. The number of rotatable bonds is 8. The second kappa shape index (κ2) is 8.13. The van der Waals surface area contributed by atoms with Crippen molar-refractivity contribution in [2.24, 2.45) is 23.2 Å². The summed E-state index contributed by atoms with van der Waals surface area (Å²) in [5, 5.41) is 8.89. The Morgan fingerprint density at radius 1 is 1.06 bits per heavy atom. The van der Waals surface area contributed by atoms with Crippen LogP contribution in [0.4, 0.5) is 0 Å². The van der Waals surface area contributed by atoms with Gasteiger partial charge in [-0.15, -0.1) is 0 Å². The maximum absolute atomic E-state index is 8.89. The summed E-state index contributed by atoms with van der Waals surface area (Å²) in [5.74, 6) is 2.44. The monoisotopic (exact) mass is 242 g/mol. The third kappa shape index (κ3) is 7.81. The summed E-state index contributed by atoms with van der Waals surface area (Å²) in [7, 11) is 0. The van der Waals surface area contributed by atoms with E-state index in [-0.39, 0.29) is 0 Å². The Bertz CT molecular complexity index is 178. The number of aliphatic hydroxyl groups is 1. The first kappa shape index (κ1) is 17.0. The molecule has 1 N–H and O–H groups in total. The van der Waals surface area contributed by atoms with E-state index in [2.05, 4.69) is 41.5 Å². The number of hydrogen-bond acceptors (Lipinski definition) is 1. The summed E-state index contributed by atoms with van der Waals surface area (Å²) in [6.45, 7) is 14.5. The van der Waals surface area contributed by atoms with Crippen LogP contribution in [0.25, 0.3) is 0 Å². The maximum Gasteiger partial charge on any atom is 0.0431 e. The Labute approximate surface area is 109 Å². The summed E-state index contributed by atoms with van der Waals surface area (Å²) in [6.07, 6.45) is 6.04. The molecular formula is C16H34O. The molecule has 17 heavy (non-hydrogen) atoms. The second-order valence-corrected chi connectivity index (χ2v) is 7.06. The van der Waals surface area contributed by atoms with Crippen molar-refractivity contribution in [3.05, 3.63) is 0 Å². The van der Waals surface area contributed by atoms with Crippen molar-refractivity contribution in [1.82, 2.24) is 0 Å². The smallest absolute Gasteiger partial charge is 0.0431 e. The molecule has 0 aliphatic heterocycles. The predicted octanol–water partition coefficient (Wildman–Crippen LogP) is 4.88. The molecule has 0 aliphatic rings. The van der Waals surface area contributed by atoms with E-state index >= 15 is 0 Å². The van der Waals surface area contributed by atoms with E-state index in [1.165, 1.54) is 25.7 Å². The quantitative estimate of drug-likeness (QED) is 0.601.